The molecule has 0 aliphatic rings. The van der Waals surface area contributed by atoms with E-state index in [1.54, 1.807) is 0 Å². The molecule has 0 atom stereocenters. The van der Waals surface area contributed by atoms with Gasteiger partial charge in [-0.05, 0) is 49.7 Å². The standard InChI is InChI=1S/C22H36O4/c1-4-7-10-13-16-17(14-11-8-5-2)19(22(25)26)21(24)20(23)18(16)15-12-9-6-3/h23-24H,4-15H2,1-3H3,(H,25,26). The Labute approximate surface area is 158 Å². The molecule has 0 amide bonds. The SMILES string of the molecule is CCCCCc1c(O)c(O)c(C(=O)O)c(CCCCC)c1CCCCC. The van der Waals surface area contributed by atoms with E-state index in [0.717, 1.165) is 80.9 Å². The lowest BCUT2D eigenvalue weighted by Gasteiger charge is -2.21. The van der Waals surface area contributed by atoms with Gasteiger partial charge in [0.1, 0.15) is 5.56 Å². The first-order chi connectivity index (χ1) is 12.5. The predicted molar refractivity (Wildman–Crippen MR) is 106 cm³/mol. The van der Waals surface area contributed by atoms with Crippen LogP contribution in [0.5, 0.6) is 11.5 Å². The number of unbranched alkanes of at least 4 members (excludes halogenated alkanes) is 6. The molecule has 0 heterocycles. The second-order valence-corrected chi connectivity index (χ2v) is 7.18. The van der Waals surface area contributed by atoms with E-state index in [1.807, 2.05) is 0 Å². The van der Waals surface area contributed by atoms with Crippen LogP contribution in [-0.2, 0) is 19.3 Å². The third kappa shape index (κ3) is 5.93. The molecule has 4 heteroatoms. The number of hydrogen-bond donors (Lipinski definition) is 3. The van der Waals surface area contributed by atoms with E-state index in [2.05, 4.69) is 20.8 Å². The van der Waals surface area contributed by atoms with E-state index in [-0.39, 0.29) is 11.3 Å². The second kappa shape index (κ2) is 11.8. The number of phenolic OH excluding ortho intramolecular Hbond substituents is 1. The lowest BCUT2D eigenvalue weighted by Crippen LogP contribution is -2.11. The molecule has 0 unspecified atom stereocenters. The number of phenols is 2. The second-order valence-electron chi connectivity index (χ2n) is 7.18. The Kier molecular flexibility index (Phi) is 10.2. The minimum atomic E-state index is -1.15. The molecule has 1 aromatic rings. The number of aromatic carboxylic acids is 1. The van der Waals surface area contributed by atoms with Gasteiger partial charge in [0.2, 0.25) is 0 Å². The summed E-state index contributed by atoms with van der Waals surface area (Å²) < 4.78 is 0. The summed E-state index contributed by atoms with van der Waals surface area (Å²) in [5.74, 6) is -1.82. The van der Waals surface area contributed by atoms with Crippen molar-refractivity contribution < 1.29 is 20.1 Å². The Bertz CT molecular complexity index is 578. The van der Waals surface area contributed by atoms with Crippen LogP contribution in [-0.4, -0.2) is 21.3 Å². The van der Waals surface area contributed by atoms with Crippen LogP contribution in [0.1, 0.15) is 106 Å². The lowest BCUT2D eigenvalue weighted by atomic mass is 9.86. The van der Waals surface area contributed by atoms with E-state index < -0.39 is 11.7 Å². The van der Waals surface area contributed by atoms with Crippen molar-refractivity contribution in [3.8, 4) is 11.5 Å². The van der Waals surface area contributed by atoms with Crippen LogP contribution < -0.4 is 0 Å². The van der Waals surface area contributed by atoms with Crippen LogP contribution in [0, 0.1) is 0 Å². The predicted octanol–water partition coefficient (Wildman–Crippen LogP) is 5.99. The highest BCUT2D eigenvalue weighted by atomic mass is 16.4. The largest absolute Gasteiger partial charge is 0.504 e. The first kappa shape index (κ1) is 22.3. The topological polar surface area (TPSA) is 77.8 Å². The molecule has 0 saturated heterocycles. The summed E-state index contributed by atoms with van der Waals surface area (Å²) in [4.78, 5) is 11.8. The molecule has 0 aromatic heterocycles. The quantitative estimate of drug-likeness (QED) is 0.296. The van der Waals surface area contributed by atoms with Gasteiger partial charge in [-0.3, -0.25) is 0 Å². The maximum atomic E-state index is 11.8. The number of hydrogen-bond acceptors (Lipinski definition) is 3. The Morgan fingerprint density at radius 2 is 1.08 bits per heavy atom. The van der Waals surface area contributed by atoms with Crippen molar-refractivity contribution in [1.82, 2.24) is 0 Å². The molecule has 26 heavy (non-hydrogen) atoms. The van der Waals surface area contributed by atoms with Gasteiger partial charge >= 0.3 is 5.97 Å². The van der Waals surface area contributed by atoms with Gasteiger partial charge in [0, 0.05) is 5.56 Å². The van der Waals surface area contributed by atoms with Crippen LogP contribution in [0.3, 0.4) is 0 Å². The van der Waals surface area contributed by atoms with Gasteiger partial charge in [0.25, 0.3) is 0 Å². The molecule has 1 aromatic carbocycles. The third-order valence-electron chi connectivity index (χ3n) is 5.08. The van der Waals surface area contributed by atoms with Crippen molar-refractivity contribution in [2.24, 2.45) is 0 Å². The normalized spacial score (nSPS) is 11.0. The molecular weight excluding hydrogens is 328 g/mol. The van der Waals surface area contributed by atoms with Crippen LogP contribution in [0.25, 0.3) is 0 Å². The maximum Gasteiger partial charge on any atom is 0.339 e. The van der Waals surface area contributed by atoms with E-state index in [0.29, 0.717) is 12.8 Å². The van der Waals surface area contributed by atoms with Gasteiger partial charge in [0.05, 0.1) is 0 Å². The first-order valence-electron chi connectivity index (χ1n) is 10.3. The Balaban J connectivity index is 3.41. The van der Waals surface area contributed by atoms with Gasteiger partial charge in [-0.2, -0.15) is 0 Å². The first-order valence-corrected chi connectivity index (χ1v) is 10.3. The highest BCUT2D eigenvalue weighted by molar-refractivity contribution is 5.94. The number of carboxylic acid groups (broad SMARTS) is 1. The minimum absolute atomic E-state index is 0.0932. The number of aromatic hydroxyl groups is 2. The molecule has 0 fully saturated rings. The smallest absolute Gasteiger partial charge is 0.339 e. The lowest BCUT2D eigenvalue weighted by molar-refractivity contribution is 0.0691. The van der Waals surface area contributed by atoms with Crippen LogP contribution in [0.4, 0.5) is 0 Å². The summed E-state index contributed by atoms with van der Waals surface area (Å²) in [5, 5.41) is 30.6. The van der Waals surface area contributed by atoms with Crippen molar-refractivity contribution in [1.29, 1.82) is 0 Å². The van der Waals surface area contributed by atoms with Crippen molar-refractivity contribution in [3.05, 3.63) is 22.3 Å². The molecule has 148 valence electrons. The molecule has 3 N–H and O–H groups in total. The highest BCUT2D eigenvalue weighted by Gasteiger charge is 2.26. The Morgan fingerprint density at radius 1 is 0.654 bits per heavy atom. The van der Waals surface area contributed by atoms with Gasteiger partial charge in [0.15, 0.2) is 11.5 Å². The van der Waals surface area contributed by atoms with E-state index in [4.69, 9.17) is 0 Å². The summed E-state index contributed by atoms with van der Waals surface area (Å²) in [7, 11) is 0. The van der Waals surface area contributed by atoms with Gasteiger partial charge in [-0.1, -0.05) is 59.3 Å². The van der Waals surface area contributed by atoms with E-state index in [9.17, 15) is 20.1 Å². The maximum absolute atomic E-state index is 11.8. The number of rotatable bonds is 13. The van der Waals surface area contributed by atoms with Crippen molar-refractivity contribution >= 4 is 5.97 Å². The van der Waals surface area contributed by atoms with Crippen LogP contribution in [0.15, 0.2) is 0 Å². The highest BCUT2D eigenvalue weighted by Crippen LogP contribution is 2.41. The molecule has 4 nitrogen and oxygen atoms in total. The number of benzene rings is 1. The fraction of sp³-hybridized carbons (Fsp3) is 0.682. The zero-order valence-corrected chi connectivity index (χ0v) is 16.7. The monoisotopic (exact) mass is 364 g/mol. The van der Waals surface area contributed by atoms with Crippen molar-refractivity contribution in [2.75, 3.05) is 0 Å². The van der Waals surface area contributed by atoms with Crippen LogP contribution >= 0.6 is 0 Å². The zero-order chi connectivity index (χ0) is 19.5. The van der Waals surface area contributed by atoms with E-state index >= 15 is 0 Å². The van der Waals surface area contributed by atoms with Crippen molar-refractivity contribution in [2.45, 2.75) is 97.8 Å². The summed E-state index contributed by atoms with van der Waals surface area (Å²) in [5.41, 5.74) is 2.38. The number of carboxylic acids is 1. The molecular formula is C22H36O4. The Hall–Kier alpha value is -1.71. The molecule has 0 aliphatic carbocycles. The number of carbonyl (C=O) groups is 1. The van der Waals surface area contributed by atoms with Crippen LogP contribution in [0.2, 0.25) is 0 Å². The average molecular weight is 365 g/mol. The fourth-order valence-corrected chi connectivity index (χ4v) is 3.61. The van der Waals surface area contributed by atoms with Gasteiger partial charge in [-0.25, -0.2) is 4.79 Å². The molecule has 1 rings (SSSR count). The summed E-state index contributed by atoms with van der Waals surface area (Å²) in [6, 6.07) is 0. The summed E-state index contributed by atoms with van der Waals surface area (Å²) in [6.07, 6.45) is 11.3. The fourth-order valence-electron chi connectivity index (χ4n) is 3.61. The Morgan fingerprint density at radius 3 is 1.50 bits per heavy atom. The minimum Gasteiger partial charge on any atom is -0.504 e. The molecule has 0 spiro atoms. The summed E-state index contributed by atoms with van der Waals surface area (Å²) >= 11 is 0. The van der Waals surface area contributed by atoms with Crippen molar-refractivity contribution in [3.63, 3.8) is 0 Å². The van der Waals surface area contributed by atoms with Gasteiger partial charge < -0.3 is 15.3 Å². The summed E-state index contributed by atoms with van der Waals surface area (Å²) in [6.45, 7) is 6.38. The molecule has 0 aliphatic heterocycles. The van der Waals surface area contributed by atoms with E-state index in [1.165, 1.54) is 0 Å². The molecule has 0 bridgehead atoms. The third-order valence-corrected chi connectivity index (χ3v) is 5.08. The van der Waals surface area contributed by atoms with Gasteiger partial charge in [-0.15, -0.1) is 0 Å². The average Bonchev–Trinajstić information content (AvgIpc) is 2.61. The molecule has 0 saturated carbocycles. The molecule has 0 radical (unpaired) electrons. The zero-order valence-electron chi connectivity index (χ0n) is 16.7.